The lowest BCUT2D eigenvalue weighted by Crippen LogP contribution is -2.33. The first-order valence-corrected chi connectivity index (χ1v) is 23.3. The van der Waals surface area contributed by atoms with Crippen molar-refractivity contribution < 1.29 is 48.0 Å². The lowest BCUT2D eigenvalue weighted by Gasteiger charge is -2.14. The average Bonchev–Trinajstić information content (AvgIpc) is 3.75. The zero-order chi connectivity index (χ0) is 43.7. The first-order valence-electron chi connectivity index (χ1n) is 23.3. The number of aromatic amines is 1. The van der Waals surface area contributed by atoms with Crippen molar-refractivity contribution in [1.82, 2.24) is 15.3 Å². The van der Waals surface area contributed by atoms with Crippen LogP contribution < -0.4 is 11.1 Å². The van der Waals surface area contributed by atoms with Crippen LogP contribution in [0, 0.1) is 5.92 Å². The fraction of sp³-hybridized carbons (Fsp3) is 0.826. The molecule has 0 saturated carbocycles. The number of carbonyl (C=O) groups is 5. The number of unbranched alkanes of at least 4 members (excludes halogenated alkanes) is 16. The lowest BCUT2D eigenvalue weighted by molar-refractivity contribution is -0.142. The van der Waals surface area contributed by atoms with Gasteiger partial charge in [0.05, 0.1) is 51.3 Å². The first kappa shape index (κ1) is 55.0. The van der Waals surface area contributed by atoms with Gasteiger partial charge >= 0.3 is 5.97 Å². The second-order valence-electron chi connectivity index (χ2n) is 16.1. The molecule has 1 rings (SSSR count). The number of amides is 1. The van der Waals surface area contributed by atoms with Crippen molar-refractivity contribution in [2.24, 2.45) is 11.7 Å². The third kappa shape index (κ3) is 34.6. The van der Waals surface area contributed by atoms with Gasteiger partial charge in [-0.2, -0.15) is 0 Å². The van der Waals surface area contributed by atoms with E-state index in [0.717, 1.165) is 18.5 Å². The Hall–Kier alpha value is -3.04. The van der Waals surface area contributed by atoms with Crippen molar-refractivity contribution >= 4 is 29.2 Å². The molecule has 5 N–H and O–H groups in total. The maximum atomic E-state index is 12.4. The van der Waals surface area contributed by atoms with Gasteiger partial charge < -0.3 is 40.1 Å². The molecule has 0 aromatic carbocycles. The number of imidazole rings is 1. The van der Waals surface area contributed by atoms with Gasteiger partial charge in [-0.3, -0.25) is 24.0 Å². The van der Waals surface area contributed by atoms with Crippen molar-refractivity contribution in [3.05, 3.63) is 18.2 Å². The van der Waals surface area contributed by atoms with Gasteiger partial charge in [0.2, 0.25) is 5.91 Å². The number of aliphatic carboxylic acids is 1. The summed E-state index contributed by atoms with van der Waals surface area (Å²) in [5, 5.41) is 12.3. The van der Waals surface area contributed by atoms with Gasteiger partial charge in [-0.05, 0) is 32.1 Å². The topological polar surface area (TPSA) is 209 Å². The number of nitrogens with one attached hydrogen (secondary N) is 2. The van der Waals surface area contributed by atoms with E-state index in [1.807, 2.05) is 0 Å². The van der Waals surface area contributed by atoms with E-state index in [4.69, 9.17) is 24.7 Å². The van der Waals surface area contributed by atoms with E-state index in [2.05, 4.69) is 22.2 Å². The van der Waals surface area contributed by atoms with E-state index < -0.39 is 17.9 Å². The quantitative estimate of drug-likeness (QED) is 0.0467. The van der Waals surface area contributed by atoms with Crippen molar-refractivity contribution in [3.63, 3.8) is 0 Å². The fourth-order valence-electron chi connectivity index (χ4n) is 6.90. The summed E-state index contributed by atoms with van der Waals surface area (Å²) < 4.78 is 21.7. The summed E-state index contributed by atoms with van der Waals surface area (Å²) in [5.74, 6) is -1.70. The Morgan fingerprint density at radius 1 is 0.633 bits per heavy atom. The molecule has 346 valence electrons. The molecule has 1 amide bonds. The molecule has 60 heavy (non-hydrogen) atoms. The van der Waals surface area contributed by atoms with Crippen LogP contribution in [0.3, 0.4) is 0 Å². The Bertz CT molecular complexity index is 1220. The first-order chi connectivity index (χ1) is 29.2. The minimum absolute atomic E-state index is 0.0163. The van der Waals surface area contributed by atoms with Crippen LogP contribution in [0.1, 0.15) is 173 Å². The van der Waals surface area contributed by atoms with Crippen molar-refractivity contribution in [1.29, 1.82) is 0 Å². The number of ether oxygens (including phenoxy) is 4. The Morgan fingerprint density at radius 2 is 1.17 bits per heavy atom. The fourth-order valence-corrected chi connectivity index (χ4v) is 6.90. The highest BCUT2D eigenvalue weighted by atomic mass is 16.5. The summed E-state index contributed by atoms with van der Waals surface area (Å²) in [6, 6.07) is -0.699. The van der Waals surface area contributed by atoms with E-state index in [1.54, 1.807) is 6.20 Å². The largest absolute Gasteiger partial charge is 0.481 e. The number of nitrogens with zero attached hydrogens (tertiary/aromatic N) is 1. The van der Waals surface area contributed by atoms with Gasteiger partial charge in [0.15, 0.2) is 5.78 Å². The van der Waals surface area contributed by atoms with Gasteiger partial charge in [0, 0.05) is 57.1 Å². The standard InChI is InChI=1S/C46H82N4O10/c1-2-3-4-5-6-7-8-9-10-11-12-13-14-15-18-22-41(51)24-20-28-57-30-33-60-37-45(54)49-27-29-58-31-32-59-36-42(52)23-19-16-17-21-39(46(55)56)25-26-44(53)43(47)34-40-35-48-38-50-40/h35,38-39,43H,2-34,36-37,47H2,1H3,(H,48,50)(H,49,54)(H,55,56)/t39-,43+/m1/s1. The predicted molar refractivity (Wildman–Crippen MR) is 234 cm³/mol. The van der Waals surface area contributed by atoms with Gasteiger partial charge in [-0.1, -0.05) is 110 Å². The summed E-state index contributed by atoms with van der Waals surface area (Å²) in [4.78, 5) is 67.0. The molecule has 0 unspecified atom stereocenters. The molecule has 14 nitrogen and oxygen atoms in total. The molecule has 0 saturated heterocycles. The molecule has 0 aliphatic rings. The second-order valence-corrected chi connectivity index (χ2v) is 16.1. The van der Waals surface area contributed by atoms with Gasteiger partial charge in [0.25, 0.3) is 0 Å². The SMILES string of the molecule is CCCCCCCCCCCCCCCCCC(=O)CCCOCCOCC(=O)NCCOCCOCC(=O)CCCCC[C@H](CCC(=O)[C@@H](N)Cc1cnc[nH]1)C(=O)O. The van der Waals surface area contributed by atoms with Crippen LogP contribution in [0.5, 0.6) is 0 Å². The Morgan fingerprint density at radius 3 is 1.77 bits per heavy atom. The number of ketones is 3. The molecule has 1 heterocycles. The number of hydrogen-bond donors (Lipinski definition) is 4. The third-order valence-electron chi connectivity index (χ3n) is 10.6. The Kier molecular flexibility index (Phi) is 36.7. The molecule has 2 atom stereocenters. The normalized spacial score (nSPS) is 12.4. The summed E-state index contributed by atoms with van der Waals surface area (Å²) in [6.45, 7) is 4.51. The van der Waals surface area contributed by atoms with Gasteiger partial charge in [-0.25, -0.2) is 4.98 Å². The number of hydrogen-bond acceptors (Lipinski definition) is 11. The van der Waals surface area contributed by atoms with Crippen LogP contribution in [-0.4, -0.2) is 110 Å². The lowest BCUT2D eigenvalue weighted by atomic mass is 9.93. The van der Waals surface area contributed by atoms with Gasteiger partial charge in [0.1, 0.15) is 24.8 Å². The molecule has 0 aliphatic carbocycles. The zero-order valence-corrected chi connectivity index (χ0v) is 37.2. The predicted octanol–water partition coefficient (Wildman–Crippen LogP) is 7.64. The van der Waals surface area contributed by atoms with Crippen molar-refractivity contribution in [2.45, 2.75) is 180 Å². The van der Waals surface area contributed by atoms with Crippen LogP contribution in [0.4, 0.5) is 0 Å². The molecule has 0 aliphatic heterocycles. The smallest absolute Gasteiger partial charge is 0.306 e. The van der Waals surface area contributed by atoms with Crippen LogP contribution in [0.2, 0.25) is 0 Å². The molecule has 0 spiro atoms. The summed E-state index contributed by atoms with van der Waals surface area (Å²) in [7, 11) is 0. The number of rotatable bonds is 46. The number of nitrogens with two attached hydrogens (primary N) is 1. The minimum atomic E-state index is -0.929. The van der Waals surface area contributed by atoms with Crippen LogP contribution in [-0.2, 0) is 49.3 Å². The molecule has 14 heteroatoms. The average molecular weight is 851 g/mol. The Balaban J connectivity index is 1.83. The molecule has 1 aromatic rings. The van der Waals surface area contributed by atoms with Crippen molar-refractivity contribution in [2.75, 3.05) is 59.4 Å². The molecule has 0 radical (unpaired) electrons. The van der Waals surface area contributed by atoms with Crippen molar-refractivity contribution in [3.8, 4) is 0 Å². The minimum Gasteiger partial charge on any atom is -0.481 e. The van der Waals surface area contributed by atoms with E-state index >= 15 is 0 Å². The van der Waals surface area contributed by atoms with E-state index in [0.29, 0.717) is 96.5 Å². The second kappa shape index (κ2) is 40.1. The molecular weight excluding hydrogens is 769 g/mol. The van der Waals surface area contributed by atoms with Crippen LogP contribution >= 0.6 is 0 Å². The summed E-state index contributed by atoms with van der Waals surface area (Å²) >= 11 is 0. The summed E-state index contributed by atoms with van der Waals surface area (Å²) in [5.41, 5.74) is 6.72. The molecular formula is C46H82N4O10. The number of aromatic nitrogens is 2. The highest BCUT2D eigenvalue weighted by Crippen LogP contribution is 2.18. The monoisotopic (exact) mass is 851 g/mol. The van der Waals surface area contributed by atoms with Crippen LogP contribution in [0.15, 0.2) is 12.5 Å². The summed E-state index contributed by atoms with van der Waals surface area (Å²) in [6.07, 6.45) is 28.3. The number of H-pyrrole nitrogens is 1. The number of carboxylic acid groups (broad SMARTS) is 1. The maximum absolute atomic E-state index is 12.4. The molecule has 0 fully saturated rings. The highest BCUT2D eigenvalue weighted by molar-refractivity contribution is 5.84. The Labute approximate surface area is 360 Å². The van der Waals surface area contributed by atoms with Crippen LogP contribution in [0.25, 0.3) is 0 Å². The number of carboxylic acids is 1. The third-order valence-corrected chi connectivity index (χ3v) is 10.6. The highest BCUT2D eigenvalue weighted by Gasteiger charge is 2.21. The molecule has 0 bridgehead atoms. The number of carbonyl (C=O) groups excluding carboxylic acids is 4. The van der Waals surface area contributed by atoms with E-state index in [9.17, 15) is 29.1 Å². The van der Waals surface area contributed by atoms with Gasteiger partial charge in [-0.15, -0.1) is 0 Å². The van der Waals surface area contributed by atoms with E-state index in [-0.39, 0.29) is 56.7 Å². The molecule has 1 aromatic heterocycles. The van der Waals surface area contributed by atoms with E-state index in [1.165, 1.54) is 89.8 Å². The maximum Gasteiger partial charge on any atom is 0.306 e. The zero-order valence-electron chi connectivity index (χ0n) is 37.2. The number of Topliss-reactive ketones (excluding diaryl/α,β-unsaturated/α-hetero) is 3.